The third-order valence-corrected chi connectivity index (χ3v) is 3.71. The monoisotopic (exact) mass is 384 g/mol. The van der Waals surface area contributed by atoms with Gasteiger partial charge in [0.2, 0.25) is 5.91 Å². The van der Waals surface area contributed by atoms with Crippen molar-refractivity contribution in [2.24, 2.45) is 0 Å². The smallest absolute Gasteiger partial charge is 0.310 e. The number of nitrogens with one attached hydrogen (secondary N) is 2. The topological polar surface area (TPSA) is 93.7 Å². The molecule has 2 aromatic rings. The fourth-order valence-electron chi connectivity index (χ4n) is 2.35. The summed E-state index contributed by atoms with van der Waals surface area (Å²) in [5.41, 5.74) is 2.22. The molecule has 0 heterocycles. The quantitative estimate of drug-likeness (QED) is 0.681. The van der Waals surface area contributed by atoms with Crippen molar-refractivity contribution in [3.05, 3.63) is 54.1 Å². The van der Waals surface area contributed by atoms with Crippen molar-refractivity contribution >= 4 is 29.2 Å². The third-order valence-electron chi connectivity index (χ3n) is 3.71. The summed E-state index contributed by atoms with van der Waals surface area (Å²) in [6.07, 6.45) is -0.904. The van der Waals surface area contributed by atoms with Gasteiger partial charge in [0.15, 0.2) is 6.10 Å². The highest BCUT2D eigenvalue weighted by Gasteiger charge is 2.18. The second-order valence-electron chi connectivity index (χ2n) is 6.29. The molecule has 7 heteroatoms. The predicted octanol–water partition coefficient (Wildman–Crippen LogP) is 3.29. The first-order valence-electron chi connectivity index (χ1n) is 8.91. The SMILES string of the molecule is CC(=O)Nc1ccc(NC(=O)[C@@H](C)OC(=O)CCOc2cccc(C)c2)cc1. The number of esters is 1. The lowest BCUT2D eigenvalue weighted by Crippen LogP contribution is -2.30. The van der Waals surface area contributed by atoms with Gasteiger partial charge in [-0.15, -0.1) is 0 Å². The number of ether oxygens (including phenoxy) is 2. The molecule has 1 atom stereocenters. The largest absolute Gasteiger partial charge is 0.493 e. The fraction of sp³-hybridized carbons (Fsp3) is 0.286. The van der Waals surface area contributed by atoms with Crippen LogP contribution in [0, 0.1) is 6.92 Å². The van der Waals surface area contributed by atoms with E-state index in [9.17, 15) is 14.4 Å². The van der Waals surface area contributed by atoms with E-state index in [0.29, 0.717) is 17.1 Å². The summed E-state index contributed by atoms with van der Waals surface area (Å²) in [6, 6.07) is 14.1. The molecule has 2 N–H and O–H groups in total. The van der Waals surface area contributed by atoms with Gasteiger partial charge in [-0.3, -0.25) is 14.4 Å². The van der Waals surface area contributed by atoms with Crippen LogP contribution < -0.4 is 15.4 Å². The zero-order valence-corrected chi connectivity index (χ0v) is 16.2. The summed E-state index contributed by atoms with van der Waals surface area (Å²) in [4.78, 5) is 35.0. The van der Waals surface area contributed by atoms with Gasteiger partial charge in [0.05, 0.1) is 13.0 Å². The summed E-state index contributed by atoms with van der Waals surface area (Å²) in [7, 11) is 0. The average Bonchev–Trinajstić information content (AvgIpc) is 2.63. The second kappa shape index (κ2) is 10.1. The minimum absolute atomic E-state index is 0.0387. The second-order valence-corrected chi connectivity index (χ2v) is 6.29. The molecule has 0 aliphatic heterocycles. The van der Waals surface area contributed by atoms with Crippen LogP contribution in [0.3, 0.4) is 0 Å². The van der Waals surface area contributed by atoms with E-state index in [4.69, 9.17) is 9.47 Å². The molecule has 2 amide bonds. The number of hydrogen-bond acceptors (Lipinski definition) is 5. The van der Waals surface area contributed by atoms with E-state index < -0.39 is 18.0 Å². The van der Waals surface area contributed by atoms with Gasteiger partial charge in [-0.25, -0.2) is 0 Å². The lowest BCUT2D eigenvalue weighted by Gasteiger charge is -2.14. The van der Waals surface area contributed by atoms with Crippen LogP contribution in [-0.2, 0) is 19.1 Å². The molecular formula is C21H24N2O5. The molecule has 0 radical (unpaired) electrons. The van der Waals surface area contributed by atoms with Crippen molar-refractivity contribution < 1.29 is 23.9 Å². The van der Waals surface area contributed by atoms with E-state index >= 15 is 0 Å². The van der Waals surface area contributed by atoms with E-state index in [-0.39, 0.29) is 18.9 Å². The molecule has 0 aromatic heterocycles. The molecule has 0 unspecified atom stereocenters. The number of hydrogen-bond donors (Lipinski definition) is 2. The van der Waals surface area contributed by atoms with Crippen LogP contribution in [0.15, 0.2) is 48.5 Å². The van der Waals surface area contributed by atoms with Crippen LogP contribution in [-0.4, -0.2) is 30.5 Å². The van der Waals surface area contributed by atoms with Gasteiger partial charge < -0.3 is 20.1 Å². The fourth-order valence-corrected chi connectivity index (χ4v) is 2.35. The molecule has 0 fully saturated rings. The predicted molar refractivity (Wildman–Crippen MR) is 106 cm³/mol. The van der Waals surface area contributed by atoms with Crippen LogP contribution in [0.1, 0.15) is 25.8 Å². The summed E-state index contributed by atoms with van der Waals surface area (Å²) in [5.74, 6) is -0.457. The number of carbonyl (C=O) groups excluding carboxylic acids is 3. The van der Waals surface area contributed by atoms with Crippen molar-refractivity contribution in [2.75, 3.05) is 17.2 Å². The summed E-state index contributed by atoms with van der Waals surface area (Å²) >= 11 is 0. The maximum Gasteiger partial charge on any atom is 0.310 e. The minimum Gasteiger partial charge on any atom is -0.493 e. The normalized spacial score (nSPS) is 11.2. The van der Waals surface area contributed by atoms with Crippen LogP contribution in [0.4, 0.5) is 11.4 Å². The Kier molecular flexibility index (Phi) is 7.56. The maximum atomic E-state index is 12.2. The Morgan fingerprint density at radius 3 is 2.25 bits per heavy atom. The number of amides is 2. The van der Waals surface area contributed by atoms with Crippen LogP contribution in [0.2, 0.25) is 0 Å². The summed E-state index contributed by atoms with van der Waals surface area (Å²) < 4.78 is 10.6. The molecule has 0 aliphatic rings. The highest BCUT2D eigenvalue weighted by Crippen LogP contribution is 2.15. The number of anilines is 2. The zero-order chi connectivity index (χ0) is 20.5. The van der Waals surface area contributed by atoms with Gasteiger partial charge >= 0.3 is 5.97 Å². The number of rotatable bonds is 8. The van der Waals surface area contributed by atoms with Crippen molar-refractivity contribution in [2.45, 2.75) is 33.3 Å². The standard InChI is InChI=1S/C21H24N2O5/c1-14-5-4-6-19(13-14)27-12-11-20(25)28-15(2)21(26)23-18-9-7-17(8-10-18)22-16(3)24/h4-10,13,15H,11-12H2,1-3H3,(H,22,24)(H,23,26)/t15-/m1/s1. The zero-order valence-electron chi connectivity index (χ0n) is 16.2. The van der Waals surface area contributed by atoms with Crippen LogP contribution >= 0.6 is 0 Å². The summed E-state index contributed by atoms with van der Waals surface area (Å²) in [5, 5.41) is 5.29. The van der Waals surface area contributed by atoms with E-state index in [2.05, 4.69) is 10.6 Å². The Morgan fingerprint density at radius 1 is 1.00 bits per heavy atom. The number of aryl methyl sites for hydroxylation is 1. The molecular weight excluding hydrogens is 360 g/mol. The van der Waals surface area contributed by atoms with Gasteiger partial charge in [-0.2, -0.15) is 0 Å². The molecule has 2 rings (SSSR count). The Hall–Kier alpha value is -3.35. The first kappa shape index (κ1) is 21.0. The Balaban J connectivity index is 1.74. The molecule has 2 aromatic carbocycles. The van der Waals surface area contributed by atoms with E-state index in [1.165, 1.54) is 13.8 Å². The minimum atomic E-state index is -0.943. The lowest BCUT2D eigenvalue weighted by atomic mass is 10.2. The Morgan fingerprint density at radius 2 is 1.64 bits per heavy atom. The molecule has 28 heavy (non-hydrogen) atoms. The number of benzene rings is 2. The maximum absolute atomic E-state index is 12.2. The Labute approximate surface area is 164 Å². The molecule has 0 aliphatic carbocycles. The first-order chi connectivity index (χ1) is 13.3. The summed E-state index contributed by atoms with van der Waals surface area (Å²) in [6.45, 7) is 5.04. The molecule has 0 saturated heterocycles. The highest BCUT2D eigenvalue weighted by molar-refractivity contribution is 5.95. The molecule has 7 nitrogen and oxygen atoms in total. The molecule has 0 saturated carbocycles. The molecule has 148 valence electrons. The lowest BCUT2D eigenvalue weighted by molar-refractivity contribution is -0.153. The number of carbonyl (C=O) groups is 3. The van der Waals surface area contributed by atoms with Gasteiger partial charge in [0.1, 0.15) is 5.75 Å². The van der Waals surface area contributed by atoms with E-state index in [1.54, 1.807) is 24.3 Å². The third kappa shape index (κ3) is 7.11. The van der Waals surface area contributed by atoms with Gasteiger partial charge in [0.25, 0.3) is 5.91 Å². The van der Waals surface area contributed by atoms with Crippen molar-refractivity contribution in [3.63, 3.8) is 0 Å². The van der Waals surface area contributed by atoms with E-state index in [1.807, 2.05) is 31.2 Å². The Bertz CT molecular complexity index is 833. The first-order valence-corrected chi connectivity index (χ1v) is 8.91. The van der Waals surface area contributed by atoms with Crippen LogP contribution in [0.5, 0.6) is 5.75 Å². The van der Waals surface area contributed by atoms with Gasteiger partial charge in [-0.05, 0) is 55.8 Å². The van der Waals surface area contributed by atoms with Crippen LogP contribution in [0.25, 0.3) is 0 Å². The molecule has 0 spiro atoms. The average molecular weight is 384 g/mol. The molecule has 0 bridgehead atoms. The van der Waals surface area contributed by atoms with Gasteiger partial charge in [0, 0.05) is 18.3 Å². The van der Waals surface area contributed by atoms with Crippen molar-refractivity contribution in [1.82, 2.24) is 0 Å². The van der Waals surface area contributed by atoms with E-state index in [0.717, 1.165) is 5.56 Å². The van der Waals surface area contributed by atoms with Crippen molar-refractivity contribution in [3.8, 4) is 5.75 Å². The van der Waals surface area contributed by atoms with Gasteiger partial charge in [-0.1, -0.05) is 12.1 Å². The van der Waals surface area contributed by atoms with Crippen molar-refractivity contribution in [1.29, 1.82) is 0 Å². The highest BCUT2D eigenvalue weighted by atomic mass is 16.5.